The van der Waals surface area contributed by atoms with Crippen molar-refractivity contribution in [1.82, 2.24) is 9.97 Å². The van der Waals surface area contributed by atoms with Crippen molar-refractivity contribution in [2.75, 3.05) is 11.9 Å². The molecule has 1 N–H and O–H groups in total. The SMILES string of the molecule is Cc1ccc(N(C)c2nc3ccccc3[nH]2)cc1C. The molecule has 1 heterocycles. The molecule has 3 rings (SSSR count). The third-order valence-corrected chi connectivity index (χ3v) is 3.57. The zero-order valence-corrected chi connectivity index (χ0v) is 11.4. The first-order valence-corrected chi connectivity index (χ1v) is 6.41. The van der Waals surface area contributed by atoms with E-state index >= 15 is 0 Å². The van der Waals surface area contributed by atoms with Gasteiger partial charge in [0.05, 0.1) is 11.0 Å². The van der Waals surface area contributed by atoms with E-state index in [0.29, 0.717) is 0 Å². The minimum absolute atomic E-state index is 0.865. The molecule has 0 bridgehead atoms. The second kappa shape index (κ2) is 4.43. The molecule has 0 fully saturated rings. The van der Waals surface area contributed by atoms with Crippen molar-refractivity contribution in [2.45, 2.75) is 13.8 Å². The average Bonchev–Trinajstić information content (AvgIpc) is 2.85. The average molecular weight is 251 g/mol. The fourth-order valence-corrected chi connectivity index (χ4v) is 2.15. The van der Waals surface area contributed by atoms with Crippen molar-refractivity contribution in [3.05, 3.63) is 53.6 Å². The number of nitrogens with zero attached hydrogens (tertiary/aromatic N) is 2. The predicted molar refractivity (Wildman–Crippen MR) is 80.1 cm³/mol. The third kappa shape index (κ3) is 2.08. The van der Waals surface area contributed by atoms with E-state index in [-0.39, 0.29) is 0 Å². The zero-order chi connectivity index (χ0) is 13.4. The molecule has 1 aromatic heterocycles. The normalized spacial score (nSPS) is 10.9. The third-order valence-electron chi connectivity index (χ3n) is 3.57. The van der Waals surface area contributed by atoms with Crippen LogP contribution in [-0.4, -0.2) is 17.0 Å². The summed E-state index contributed by atoms with van der Waals surface area (Å²) in [4.78, 5) is 10.0. The van der Waals surface area contributed by atoms with Crippen molar-refractivity contribution < 1.29 is 0 Å². The van der Waals surface area contributed by atoms with Gasteiger partial charge in [-0.1, -0.05) is 18.2 Å². The first-order valence-electron chi connectivity index (χ1n) is 6.41. The Morgan fingerprint density at radius 3 is 2.53 bits per heavy atom. The molecule has 2 aromatic carbocycles. The topological polar surface area (TPSA) is 31.9 Å². The standard InChI is InChI=1S/C16H17N3/c1-11-8-9-13(10-12(11)2)19(3)16-17-14-6-4-5-7-15(14)18-16/h4-10H,1-3H3,(H,17,18). The van der Waals surface area contributed by atoms with Crippen LogP contribution in [0.2, 0.25) is 0 Å². The Labute approximate surface area is 112 Å². The minimum Gasteiger partial charge on any atom is -0.324 e. The number of anilines is 2. The first-order chi connectivity index (χ1) is 9.15. The van der Waals surface area contributed by atoms with E-state index < -0.39 is 0 Å². The smallest absolute Gasteiger partial charge is 0.208 e. The Bertz CT molecular complexity index is 695. The molecule has 0 spiro atoms. The Morgan fingerprint density at radius 1 is 1.00 bits per heavy atom. The number of benzene rings is 2. The van der Waals surface area contributed by atoms with E-state index in [1.54, 1.807) is 0 Å². The number of H-pyrrole nitrogens is 1. The van der Waals surface area contributed by atoms with E-state index in [1.807, 2.05) is 31.3 Å². The number of para-hydroxylation sites is 2. The van der Waals surface area contributed by atoms with E-state index in [9.17, 15) is 0 Å². The molecule has 0 saturated carbocycles. The van der Waals surface area contributed by atoms with Crippen LogP contribution in [0.15, 0.2) is 42.5 Å². The van der Waals surface area contributed by atoms with Gasteiger partial charge in [-0.15, -0.1) is 0 Å². The molecule has 3 nitrogen and oxygen atoms in total. The van der Waals surface area contributed by atoms with Gasteiger partial charge in [-0.2, -0.15) is 0 Å². The molecule has 0 aliphatic rings. The van der Waals surface area contributed by atoms with Gasteiger partial charge in [-0.3, -0.25) is 0 Å². The van der Waals surface area contributed by atoms with Gasteiger partial charge in [0.1, 0.15) is 0 Å². The molecular formula is C16H17N3. The lowest BCUT2D eigenvalue weighted by atomic mass is 10.1. The Kier molecular flexibility index (Phi) is 2.75. The lowest BCUT2D eigenvalue weighted by Gasteiger charge is -2.17. The van der Waals surface area contributed by atoms with Crippen LogP contribution in [0.5, 0.6) is 0 Å². The first kappa shape index (κ1) is 11.8. The molecule has 0 unspecified atom stereocenters. The number of nitrogens with one attached hydrogen (secondary N) is 1. The number of aromatic amines is 1. The van der Waals surface area contributed by atoms with Gasteiger partial charge in [0, 0.05) is 12.7 Å². The van der Waals surface area contributed by atoms with Gasteiger partial charge < -0.3 is 9.88 Å². The number of hydrogen-bond acceptors (Lipinski definition) is 2. The van der Waals surface area contributed by atoms with Crippen molar-refractivity contribution in [2.24, 2.45) is 0 Å². The van der Waals surface area contributed by atoms with Crippen LogP contribution in [0.3, 0.4) is 0 Å². The monoisotopic (exact) mass is 251 g/mol. The molecule has 0 atom stereocenters. The summed E-state index contributed by atoms with van der Waals surface area (Å²) < 4.78 is 0. The van der Waals surface area contributed by atoms with Crippen molar-refractivity contribution in [3.63, 3.8) is 0 Å². The maximum Gasteiger partial charge on any atom is 0.208 e. The summed E-state index contributed by atoms with van der Waals surface area (Å²) in [5.41, 5.74) is 5.80. The summed E-state index contributed by atoms with van der Waals surface area (Å²) in [6.07, 6.45) is 0. The van der Waals surface area contributed by atoms with E-state index in [2.05, 4.69) is 46.9 Å². The second-order valence-corrected chi connectivity index (χ2v) is 4.91. The summed E-state index contributed by atoms with van der Waals surface area (Å²) in [7, 11) is 2.03. The fourth-order valence-electron chi connectivity index (χ4n) is 2.15. The molecule has 0 saturated heterocycles. The summed E-state index contributed by atoms with van der Waals surface area (Å²) in [5.74, 6) is 0.865. The van der Waals surface area contributed by atoms with Crippen LogP contribution in [-0.2, 0) is 0 Å². The zero-order valence-electron chi connectivity index (χ0n) is 11.4. The lowest BCUT2D eigenvalue weighted by molar-refractivity contribution is 1.10. The summed E-state index contributed by atoms with van der Waals surface area (Å²) in [6, 6.07) is 14.5. The molecule has 0 aliphatic carbocycles. The number of aryl methyl sites for hydroxylation is 2. The van der Waals surface area contributed by atoms with Crippen LogP contribution >= 0.6 is 0 Å². The highest BCUT2D eigenvalue weighted by Crippen LogP contribution is 2.25. The number of rotatable bonds is 2. The largest absolute Gasteiger partial charge is 0.324 e. The predicted octanol–water partition coefficient (Wildman–Crippen LogP) is 3.95. The van der Waals surface area contributed by atoms with Gasteiger partial charge in [-0.05, 0) is 49.2 Å². The van der Waals surface area contributed by atoms with E-state index in [0.717, 1.165) is 22.7 Å². The maximum atomic E-state index is 4.61. The van der Waals surface area contributed by atoms with Crippen molar-refractivity contribution >= 4 is 22.7 Å². The second-order valence-electron chi connectivity index (χ2n) is 4.91. The van der Waals surface area contributed by atoms with Crippen LogP contribution in [0.25, 0.3) is 11.0 Å². The lowest BCUT2D eigenvalue weighted by Crippen LogP contribution is -2.11. The minimum atomic E-state index is 0.865. The van der Waals surface area contributed by atoms with Gasteiger partial charge in [-0.25, -0.2) is 4.98 Å². The van der Waals surface area contributed by atoms with Crippen molar-refractivity contribution in [1.29, 1.82) is 0 Å². The summed E-state index contributed by atoms with van der Waals surface area (Å²) >= 11 is 0. The van der Waals surface area contributed by atoms with Crippen LogP contribution in [0, 0.1) is 13.8 Å². The molecule has 3 aromatic rings. The molecular weight excluding hydrogens is 234 g/mol. The highest BCUT2D eigenvalue weighted by atomic mass is 15.2. The number of hydrogen-bond donors (Lipinski definition) is 1. The summed E-state index contributed by atoms with van der Waals surface area (Å²) in [6.45, 7) is 4.26. The molecule has 96 valence electrons. The Hall–Kier alpha value is -2.29. The Morgan fingerprint density at radius 2 is 1.79 bits per heavy atom. The molecule has 19 heavy (non-hydrogen) atoms. The quantitative estimate of drug-likeness (QED) is 0.748. The highest BCUT2D eigenvalue weighted by molar-refractivity contribution is 5.78. The van der Waals surface area contributed by atoms with Gasteiger partial charge in [0.25, 0.3) is 0 Å². The van der Waals surface area contributed by atoms with Crippen LogP contribution in [0.1, 0.15) is 11.1 Å². The van der Waals surface area contributed by atoms with Gasteiger partial charge >= 0.3 is 0 Å². The highest BCUT2D eigenvalue weighted by Gasteiger charge is 2.09. The maximum absolute atomic E-state index is 4.61. The molecule has 0 aliphatic heterocycles. The van der Waals surface area contributed by atoms with E-state index in [4.69, 9.17) is 0 Å². The van der Waals surface area contributed by atoms with Gasteiger partial charge in [0.2, 0.25) is 5.95 Å². The van der Waals surface area contributed by atoms with Crippen molar-refractivity contribution in [3.8, 4) is 0 Å². The molecule has 0 amide bonds. The fraction of sp³-hybridized carbons (Fsp3) is 0.188. The molecule has 3 heteroatoms. The number of imidazole rings is 1. The van der Waals surface area contributed by atoms with Crippen LogP contribution in [0.4, 0.5) is 11.6 Å². The van der Waals surface area contributed by atoms with Gasteiger partial charge in [0.15, 0.2) is 0 Å². The molecule has 0 radical (unpaired) electrons. The Balaban J connectivity index is 2.02. The van der Waals surface area contributed by atoms with E-state index in [1.165, 1.54) is 11.1 Å². The number of aromatic nitrogens is 2. The van der Waals surface area contributed by atoms with Crippen LogP contribution < -0.4 is 4.90 Å². The number of fused-ring (bicyclic) bond motifs is 1. The summed E-state index contributed by atoms with van der Waals surface area (Å²) in [5, 5.41) is 0.